The van der Waals surface area contributed by atoms with Gasteiger partial charge in [0.2, 0.25) is 5.91 Å². The van der Waals surface area contributed by atoms with Gasteiger partial charge in [-0.3, -0.25) is 9.59 Å². The van der Waals surface area contributed by atoms with Crippen LogP contribution in [0.15, 0.2) is 24.3 Å². The number of aliphatic hydroxyl groups is 5. The van der Waals surface area contributed by atoms with Crippen LogP contribution >= 0.6 is 0 Å². The van der Waals surface area contributed by atoms with E-state index in [1.807, 2.05) is 6.08 Å². The topological polar surface area (TPSA) is 175 Å². The van der Waals surface area contributed by atoms with Crippen molar-refractivity contribution >= 4 is 11.9 Å². The highest BCUT2D eigenvalue weighted by atomic mass is 16.7. The minimum absolute atomic E-state index is 0.122. The lowest BCUT2D eigenvalue weighted by molar-refractivity contribution is -0.305. The molecule has 6 N–H and O–H groups in total. The molecule has 1 saturated heterocycles. The Hall–Kier alpha value is -1.86. The summed E-state index contributed by atoms with van der Waals surface area (Å²) in [5, 5.41) is 57.0. The number of hydrogen-bond acceptors (Lipinski definition) is 10. The molecule has 0 bridgehead atoms. The molecule has 0 saturated carbocycles. The molecule has 442 valence electrons. The third-order valence-corrected chi connectivity index (χ3v) is 15.4. The Kier molecular flexibility index (Phi) is 50.1. The van der Waals surface area contributed by atoms with Gasteiger partial charge in [0.15, 0.2) is 12.4 Å². The second-order valence-corrected chi connectivity index (χ2v) is 22.5. The molecule has 8 atom stereocenters. The second kappa shape index (κ2) is 52.8. The highest BCUT2D eigenvalue weighted by molar-refractivity contribution is 5.80. The molecule has 8 unspecified atom stereocenters. The van der Waals surface area contributed by atoms with Crippen LogP contribution in [0.1, 0.15) is 310 Å². The fourth-order valence-electron chi connectivity index (χ4n) is 10.2. The van der Waals surface area contributed by atoms with Gasteiger partial charge in [-0.2, -0.15) is 0 Å². The molecular weight excluding hydrogens is 943 g/mol. The first-order chi connectivity index (χ1) is 36.7. The molecule has 1 heterocycles. The Bertz CT molecular complexity index is 1310. The van der Waals surface area contributed by atoms with Crippen molar-refractivity contribution in [2.45, 2.75) is 359 Å². The van der Waals surface area contributed by atoms with Crippen LogP contribution in [0.25, 0.3) is 0 Å². The molecule has 0 radical (unpaired) electrons. The number of rotatable bonds is 55. The van der Waals surface area contributed by atoms with Gasteiger partial charge in [-0.1, -0.05) is 276 Å². The summed E-state index contributed by atoms with van der Waals surface area (Å²) in [7, 11) is 0. The number of aliphatic hydroxyl groups excluding tert-OH is 5. The molecule has 1 rings (SSSR count). The van der Waals surface area contributed by atoms with Gasteiger partial charge in [0, 0.05) is 6.42 Å². The smallest absolute Gasteiger partial charge is 0.306 e. The van der Waals surface area contributed by atoms with Crippen LogP contribution < -0.4 is 5.32 Å². The number of allylic oxidation sites excluding steroid dienone is 3. The van der Waals surface area contributed by atoms with Crippen molar-refractivity contribution in [1.29, 1.82) is 0 Å². The highest BCUT2D eigenvalue weighted by Gasteiger charge is 2.47. The molecular formula is C64H121NO10. The molecule has 11 nitrogen and oxygen atoms in total. The van der Waals surface area contributed by atoms with Gasteiger partial charge in [0.25, 0.3) is 0 Å². The zero-order valence-corrected chi connectivity index (χ0v) is 48.9. The number of unbranched alkanes of at least 4 members (excludes halogenated alkanes) is 39. The van der Waals surface area contributed by atoms with Crippen LogP contribution in [0.2, 0.25) is 0 Å². The Morgan fingerprint density at radius 2 is 0.880 bits per heavy atom. The van der Waals surface area contributed by atoms with Gasteiger partial charge in [-0.25, -0.2) is 0 Å². The number of carbonyl (C=O) groups excluding carboxylic acids is 2. The van der Waals surface area contributed by atoms with Crippen molar-refractivity contribution in [2.24, 2.45) is 0 Å². The quantitative estimate of drug-likeness (QED) is 0.0195. The number of carbonyl (C=O) groups is 2. The minimum Gasteiger partial charge on any atom is -0.454 e. The molecule has 0 spiro atoms. The van der Waals surface area contributed by atoms with E-state index in [4.69, 9.17) is 14.2 Å². The summed E-state index contributed by atoms with van der Waals surface area (Å²) in [6.45, 7) is 5.81. The monoisotopic (exact) mass is 1060 g/mol. The maximum absolute atomic E-state index is 13.4. The molecule has 1 aliphatic rings. The number of hydrogen-bond donors (Lipinski definition) is 6. The lowest BCUT2D eigenvalue weighted by Crippen LogP contribution is -2.61. The Morgan fingerprint density at radius 3 is 1.31 bits per heavy atom. The normalized spacial score (nSPS) is 19.3. The van der Waals surface area contributed by atoms with E-state index >= 15 is 0 Å². The summed E-state index contributed by atoms with van der Waals surface area (Å²) in [6.07, 6.45) is 50.7. The first kappa shape index (κ1) is 71.2. The van der Waals surface area contributed by atoms with Crippen LogP contribution in [-0.2, 0) is 23.8 Å². The van der Waals surface area contributed by atoms with Gasteiger partial charge >= 0.3 is 5.97 Å². The predicted octanol–water partition coefficient (Wildman–Crippen LogP) is 15.3. The molecule has 1 amide bonds. The van der Waals surface area contributed by atoms with E-state index in [1.54, 1.807) is 6.08 Å². The molecule has 75 heavy (non-hydrogen) atoms. The van der Waals surface area contributed by atoms with Crippen molar-refractivity contribution in [3.8, 4) is 0 Å². The first-order valence-corrected chi connectivity index (χ1v) is 32.1. The number of nitrogens with one attached hydrogen (secondary N) is 1. The zero-order valence-electron chi connectivity index (χ0n) is 48.9. The molecule has 0 aromatic carbocycles. The lowest BCUT2D eigenvalue weighted by Gasteiger charge is -2.41. The Labute approximate surface area is 461 Å². The van der Waals surface area contributed by atoms with Crippen LogP contribution in [0.3, 0.4) is 0 Å². The summed E-state index contributed by atoms with van der Waals surface area (Å²) in [6, 6.07) is -1.02. The summed E-state index contributed by atoms with van der Waals surface area (Å²) in [5.41, 5.74) is 0. The standard InChI is InChI=1S/C64H121NO10/c1-4-7-10-13-16-19-22-25-27-28-29-31-33-36-39-42-45-48-51-57(68)63(72)65-55(56(67)50-47-44-41-38-35-32-24-21-18-15-12-9-6-3)54-73-64-62(61(71)60(70)58(53-66)74-64)75-59(69)52-49-46-43-40-37-34-30-26-23-20-17-14-11-8-5-2/h20,23,47,50,55-58,60-62,64,66-68,70-71H,4-19,21-22,24-46,48-49,51-54H2,1-3H3,(H,65,72)/b23-20-,50-47+. The fourth-order valence-corrected chi connectivity index (χ4v) is 10.2. The SMILES string of the molecule is CCCCCC/C=C\CCCCCCCCCC(=O)OC1C(OCC(NC(=O)C(O)CCCCCCCCCCCCCCCCCCCC)C(O)/C=C/CCCCCCCCCCCCC)OC(CO)C(O)C1O. The first-order valence-electron chi connectivity index (χ1n) is 32.1. The van der Waals surface area contributed by atoms with E-state index in [1.165, 1.54) is 193 Å². The molecule has 0 aromatic heterocycles. The van der Waals surface area contributed by atoms with Crippen LogP contribution in [0.4, 0.5) is 0 Å². The molecule has 1 aliphatic heterocycles. The van der Waals surface area contributed by atoms with E-state index < -0.39 is 67.4 Å². The third kappa shape index (κ3) is 40.9. The molecule has 1 fully saturated rings. The second-order valence-electron chi connectivity index (χ2n) is 22.5. The molecule has 11 heteroatoms. The van der Waals surface area contributed by atoms with Gasteiger partial charge in [0.1, 0.15) is 24.4 Å². The van der Waals surface area contributed by atoms with E-state index in [2.05, 4.69) is 38.2 Å². The summed E-state index contributed by atoms with van der Waals surface area (Å²) in [4.78, 5) is 26.6. The van der Waals surface area contributed by atoms with Gasteiger partial charge in [-0.05, 0) is 51.4 Å². The van der Waals surface area contributed by atoms with E-state index in [9.17, 15) is 35.1 Å². The van der Waals surface area contributed by atoms with Crippen molar-refractivity contribution in [3.05, 3.63) is 24.3 Å². The Morgan fingerprint density at radius 1 is 0.507 bits per heavy atom. The van der Waals surface area contributed by atoms with Gasteiger partial charge in [-0.15, -0.1) is 0 Å². The molecule has 0 aromatic rings. The zero-order chi connectivity index (χ0) is 54.7. The van der Waals surface area contributed by atoms with Crippen molar-refractivity contribution in [1.82, 2.24) is 5.32 Å². The number of amides is 1. The average molecular weight is 1060 g/mol. The highest BCUT2D eigenvalue weighted by Crippen LogP contribution is 2.26. The van der Waals surface area contributed by atoms with Crippen molar-refractivity contribution in [2.75, 3.05) is 13.2 Å². The predicted molar refractivity (Wildman–Crippen MR) is 311 cm³/mol. The third-order valence-electron chi connectivity index (χ3n) is 15.4. The summed E-state index contributed by atoms with van der Waals surface area (Å²) in [5.74, 6) is -1.18. The van der Waals surface area contributed by atoms with Crippen molar-refractivity contribution < 1.29 is 49.3 Å². The summed E-state index contributed by atoms with van der Waals surface area (Å²) < 4.78 is 17.6. The van der Waals surface area contributed by atoms with Crippen LogP contribution in [-0.4, -0.2) is 99.6 Å². The average Bonchev–Trinajstić information content (AvgIpc) is 3.41. The maximum Gasteiger partial charge on any atom is 0.306 e. The van der Waals surface area contributed by atoms with E-state index in [0.717, 1.165) is 70.6 Å². The Balaban J connectivity index is 2.67. The maximum atomic E-state index is 13.4. The summed E-state index contributed by atoms with van der Waals surface area (Å²) >= 11 is 0. The van der Waals surface area contributed by atoms with Crippen LogP contribution in [0, 0.1) is 0 Å². The number of esters is 1. The largest absolute Gasteiger partial charge is 0.454 e. The lowest BCUT2D eigenvalue weighted by atomic mass is 9.99. The minimum atomic E-state index is -1.61. The van der Waals surface area contributed by atoms with Gasteiger partial charge < -0.3 is 45.1 Å². The van der Waals surface area contributed by atoms with E-state index in [0.29, 0.717) is 19.3 Å². The van der Waals surface area contributed by atoms with Crippen molar-refractivity contribution in [3.63, 3.8) is 0 Å². The van der Waals surface area contributed by atoms with Crippen LogP contribution in [0.5, 0.6) is 0 Å². The fraction of sp³-hybridized carbons (Fsp3) is 0.906. The number of ether oxygens (including phenoxy) is 3. The molecule has 0 aliphatic carbocycles. The van der Waals surface area contributed by atoms with Gasteiger partial charge in [0.05, 0.1) is 25.4 Å². The van der Waals surface area contributed by atoms with E-state index in [-0.39, 0.29) is 13.0 Å².